The Morgan fingerprint density at radius 2 is 1.92 bits per heavy atom. The third-order valence-corrected chi connectivity index (χ3v) is 6.30. The van der Waals surface area contributed by atoms with Crippen molar-refractivity contribution >= 4 is 38.9 Å². The molecule has 1 amide bonds. The van der Waals surface area contributed by atoms with Gasteiger partial charge in [0.05, 0.1) is 31.3 Å². The Balaban J connectivity index is 1.37. The summed E-state index contributed by atoms with van der Waals surface area (Å²) in [5.74, 6) is 2.18. The van der Waals surface area contributed by atoms with Gasteiger partial charge in [-0.25, -0.2) is 4.98 Å². The Morgan fingerprint density at radius 1 is 1.06 bits per heavy atom. The number of carbonyl (C=O) groups excluding carboxylic acids is 1. The van der Waals surface area contributed by atoms with Crippen LogP contribution in [0.5, 0.6) is 11.5 Å². The van der Waals surface area contributed by atoms with Crippen molar-refractivity contribution in [3.8, 4) is 11.5 Å². The number of amides is 1. The summed E-state index contributed by atoms with van der Waals surface area (Å²) in [5, 5.41) is 3.01. The third-order valence-electron chi connectivity index (χ3n) is 5.81. The molecule has 36 heavy (non-hydrogen) atoms. The minimum Gasteiger partial charge on any atom is -0.493 e. The number of ether oxygens (including phenoxy) is 2. The molecular formula is C29H30BrN3O3. The summed E-state index contributed by atoms with van der Waals surface area (Å²) < 4.78 is 14.5. The molecule has 4 rings (SSSR count). The molecule has 0 atom stereocenters. The average Bonchev–Trinajstić information content (AvgIpc) is 3.25. The number of fused-ring (bicyclic) bond motifs is 1. The lowest BCUT2D eigenvalue weighted by atomic mass is 10.2. The predicted octanol–water partition coefficient (Wildman–Crippen LogP) is 6.63. The van der Waals surface area contributed by atoms with E-state index in [1.54, 1.807) is 19.2 Å². The molecule has 0 aliphatic heterocycles. The van der Waals surface area contributed by atoms with Gasteiger partial charge in [-0.2, -0.15) is 0 Å². The first kappa shape index (κ1) is 25.5. The van der Waals surface area contributed by atoms with E-state index in [4.69, 9.17) is 14.5 Å². The van der Waals surface area contributed by atoms with Crippen LogP contribution in [0.25, 0.3) is 17.1 Å². The van der Waals surface area contributed by atoms with Gasteiger partial charge in [-0.05, 0) is 67.8 Å². The Labute approximate surface area is 220 Å². The van der Waals surface area contributed by atoms with Crippen molar-refractivity contribution in [1.29, 1.82) is 0 Å². The van der Waals surface area contributed by atoms with Crippen molar-refractivity contribution in [1.82, 2.24) is 14.9 Å². The maximum absolute atomic E-state index is 12.6. The zero-order valence-corrected chi connectivity index (χ0v) is 22.1. The minimum atomic E-state index is -0.127. The molecule has 1 heterocycles. The van der Waals surface area contributed by atoms with Gasteiger partial charge in [0, 0.05) is 16.6 Å². The molecule has 6 nitrogen and oxygen atoms in total. The van der Waals surface area contributed by atoms with Gasteiger partial charge in [-0.15, -0.1) is 0 Å². The summed E-state index contributed by atoms with van der Waals surface area (Å²) in [7, 11) is 1.66. The van der Waals surface area contributed by atoms with Crippen LogP contribution in [0.3, 0.4) is 0 Å². The molecule has 0 aliphatic carbocycles. The number of allylic oxidation sites excluding steroid dienone is 1. The van der Waals surface area contributed by atoms with Gasteiger partial charge in [0.1, 0.15) is 5.82 Å². The molecule has 0 bridgehead atoms. The van der Waals surface area contributed by atoms with Crippen LogP contribution >= 0.6 is 15.9 Å². The highest BCUT2D eigenvalue weighted by Crippen LogP contribution is 2.29. The van der Waals surface area contributed by atoms with Crippen molar-refractivity contribution < 1.29 is 14.3 Å². The number of imidazole rings is 1. The number of methoxy groups -OCH3 is 1. The number of unbranched alkanes of at least 4 members (excludes halogenated alkanes) is 1. The van der Waals surface area contributed by atoms with Crippen LogP contribution in [-0.4, -0.2) is 29.2 Å². The molecule has 4 aromatic rings. The molecule has 1 N–H and O–H groups in total. The summed E-state index contributed by atoms with van der Waals surface area (Å²) in [6.07, 6.45) is 5.80. The Kier molecular flexibility index (Phi) is 8.79. The van der Waals surface area contributed by atoms with Gasteiger partial charge >= 0.3 is 0 Å². The molecule has 7 heteroatoms. The Hall–Kier alpha value is -3.58. The molecule has 0 saturated heterocycles. The molecule has 0 aliphatic rings. The highest BCUT2D eigenvalue weighted by atomic mass is 79.9. The number of carbonyl (C=O) groups is 1. The molecule has 186 valence electrons. The third kappa shape index (κ3) is 6.34. The highest BCUT2D eigenvalue weighted by molar-refractivity contribution is 9.10. The Morgan fingerprint density at radius 3 is 2.72 bits per heavy atom. The van der Waals surface area contributed by atoms with Gasteiger partial charge < -0.3 is 19.4 Å². The van der Waals surface area contributed by atoms with Gasteiger partial charge in [0.15, 0.2) is 11.5 Å². The Bertz CT molecular complexity index is 1360. The van der Waals surface area contributed by atoms with Crippen molar-refractivity contribution in [3.63, 3.8) is 0 Å². The lowest BCUT2D eigenvalue weighted by molar-refractivity contribution is 0.0949. The van der Waals surface area contributed by atoms with Crippen molar-refractivity contribution in [2.75, 3.05) is 13.7 Å². The van der Waals surface area contributed by atoms with Crippen LogP contribution in [-0.2, 0) is 13.1 Å². The first-order chi connectivity index (χ1) is 17.6. The molecule has 3 aromatic carbocycles. The van der Waals surface area contributed by atoms with Crippen molar-refractivity contribution in [3.05, 3.63) is 94.2 Å². The fraction of sp³-hybridized carbons (Fsp3) is 0.241. The predicted molar refractivity (Wildman–Crippen MR) is 147 cm³/mol. The zero-order chi connectivity index (χ0) is 25.3. The van der Waals surface area contributed by atoms with Crippen LogP contribution < -0.4 is 14.8 Å². The van der Waals surface area contributed by atoms with E-state index in [0.717, 1.165) is 57.8 Å². The van der Waals surface area contributed by atoms with Crippen molar-refractivity contribution in [2.24, 2.45) is 0 Å². The summed E-state index contributed by atoms with van der Waals surface area (Å²) in [4.78, 5) is 17.4. The molecule has 0 spiro atoms. The molecule has 0 saturated carbocycles. The van der Waals surface area contributed by atoms with E-state index >= 15 is 0 Å². The van der Waals surface area contributed by atoms with Crippen LogP contribution in [0.4, 0.5) is 0 Å². The fourth-order valence-corrected chi connectivity index (χ4v) is 4.45. The molecular weight excluding hydrogens is 518 g/mol. The number of hydrogen-bond donors (Lipinski definition) is 1. The summed E-state index contributed by atoms with van der Waals surface area (Å²) in [6, 6.07) is 21.3. The SMILES string of the molecule is C/C=C/c1ccc(OCCCCn2c(CNC(=O)c3cccc(Br)c3)nc3ccccc32)c(OC)c1. The smallest absolute Gasteiger partial charge is 0.251 e. The number of halogens is 1. The summed E-state index contributed by atoms with van der Waals surface area (Å²) in [5.41, 5.74) is 3.67. The number of aryl methyl sites for hydroxylation is 1. The van der Waals surface area contributed by atoms with Crippen molar-refractivity contribution in [2.45, 2.75) is 32.9 Å². The molecule has 0 radical (unpaired) electrons. The number of benzene rings is 3. The van der Waals surface area contributed by atoms with E-state index < -0.39 is 0 Å². The highest BCUT2D eigenvalue weighted by Gasteiger charge is 2.13. The quantitative estimate of drug-likeness (QED) is 0.214. The van der Waals surface area contributed by atoms with Crippen LogP contribution in [0, 0.1) is 0 Å². The second kappa shape index (κ2) is 12.4. The second-order valence-corrected chi connectivity index (χ2v) is 9.24. The number of para-hydroxylation sites is 2. The van der Waals surface area contributed by atoms with E-state index in [0.29, 0.717) is 18.7 Å². The zero-order valence-electron chi connectivity index (χ0n) is 20.5. The van der Waals surface area contributed by atoms with Gasteiger partial charge in [0.25, 0.3) is 5.91 Å². The van der Waals surface area contributed by atoms with Gasteiger partial charge in [-0.3, -0.25) is 4.79 Å². The monoisotopic (exact) mass is 547 g/mol. The molecule has 1 aromatic heterocycles. The fourth-order valence-electron chi connectivity index (χ4n) is 4.05. The standard InChI is InChI=1S/C29H30BrN3O3/c1-3-9-21-14-15-26(27(18-21)35-2)36-17-7-6-16-33-25-13-5-4-12-24(25)32-28(33)20-31-29(34)22-10-8-11-23(30)19-22/h3-5,8-15,18-19H,6-7,16-17,20H2,1-2H3,(H,31,34)/b9-3+. The van der Waals surface area contributed by atoms with Gasteiger partial charge in [-0.1, -0.05) is 52.3 Å². The largest absolute Gasteiger partial charge is 0.493 e. The topological polar surface area (TPSA) is 65.4 Å². The minimum absolute atomic E-state index is 0.127. The summed E-state index contributed by atoms with van der Waals surface area (Å²) in [6.45, 7) is 3.71. The van der Waals surface area contributed by atoms with E-state index in [1.165, 1.54) is 0 Å². The van der Waals surface area contributed by atoms with E-state index in [9.17, 15) is 4.79 Å². The number of aromatic nitrogens is 2. The van der Waals surface area contributed by atoms with Crippen LogP contribution in [0.1, 0.15) is 41.5 Å². The van der Waals surface area contributed by atoms with E-state index in [1.807, 2.05) is 67.6 Å². The first-order valence-corrected chi connectivity index (χ1v) is 12.8. The number of nitrogens with zero attached hydrogens (tertiary/aromatic N) is 2. The van der Waals surface area contributed by atoms with Crippen LogP contribution in [0.2, 0.25) is 0 Å². The first-order valence-electron chi connectivity index (χ1n) is 12.0. The number of nitrogens with one attached hydrogen (secondary N) is 1. The van der Waals surface area contributed by atoms with E-state index in [2.05, 4.69) is 31.9 Å². The molecule has 0 unspecified atom stereocenters. The van der Waals surface area contributed by atoms with Gasteiger partial charge in [0.2, 0.25) is 0 Å². The summed E-state index contributed by atoms with van der Waals surface area (Å²) >= 11 is 3.42. The number of hydrogen-bond acceptors (Lipinski definition) is 4. The maximum Gasteiger partial charge on any atom is 0.251 e. The molecule has 0 fully saturated rings. The van der Waals surface area contributed by atoms with Crippen LogP contribution in [0.15, 0.2) is 77.3 Å². The normalized spacial score (nSPS) is 11.2. The lowest BCUT2D eigenvalue weighted by Gasteiger charge is -2.13. The average molecular weight is 548 g/mol. The number of rotatable bonds is 11. The van der Waals surface area contributed by atoms with E-state index in [-0.39, 0.29) is 5.91 Å². The lowest BCUT2D eigenvalue weighted by Crippen LogP contribution is -2.24. The second-order valence-electron chi connectivity index (χ2n) is 8.33. The maximum atomic E-state index is 12.6.